The Bertz CT molecular complexity index is 1430. The molecule has 0 spiro atoms. The second-order valence-corrected chi connectivity index (χ2v) is 10.1. The molecule has 0 saturated carbocycles. The summed E-state index contributed by atoms with van der Waals surface area (Å²) >= 11 is 8.96. The summed E-state index contributed by atoms with van der Waals surface area (Å²) in [4.78, 5) is 19.2. The number of nitrogens with one attached hydrogen (secondary N) is 2. The number of furan rings is 1. The predicted molar refractivity (Wildman–Crippen MR) is 148 cm³/mol. The molecule has 3 heterocycles. The summed E-state index contributed by atoms with van der Waals surface area (Å²) in [6.45, 7) is 2.36. The van der Waals surface area contributed by atoms with Crippen molar-refractivity contribution in [1.29, 1.82) is 0 Å². The molecule has 2 aromatic heterocycles. The van der Waals surface area contributed by atoms with E-state index in [9.17, 15) is 9.18 Å². The van der Waals surface area contributed by atoms with Crippen molar-refractivity contribution >= 4 is 44.9 Å². The molecule has 6 nitrogen and oxygen atoms in total. The molecule has 188 valence electrons. The van der Waals surface area contributed by atoms with Gasteiger partial charge in [0.05, 0.1) is 17.3 Å². The van der Waals surface area contributed by atoms with E-state index in [0.29, 0.717) is 33.2 Å². The first-order valence-electron chi connectivity index (χ1n) is 11.8. The number of pyridine rings is 1. The molecule has 4 aromatic rings. The van der Waals surface area contributed by atoms with Crippen LogP contribution in [0.5, 0.6) is 0 Å². The van der Waals surface area contributed by atoms with E-state index < -0.39 is 0 Å². The predicted octanol–water partition coefficient (Wildman–Crippen LogP) is 6.55. The highest BCUT2D eigenvalue weighted by atomic mass is 79.9. The Morgan fingerprint density at radius 3 is 2.70 bits per heavy atom. The van der Waals surface area contributed by atoms with E-state index in [0.717, 1.165) is 16.9 Å². The Hall–Kier alpha value is -3.56. The van der Waals surface area contributed by atoms with Crippen molar-refractivity contribution in [3.8, 4) is 11.3 Å². The molecule has 0 unspecified atom stereocenters. The van der Waals surface area contributed by atoms with Gasteiger partial charge in [-0.1, -0.05) is 39.7 Å². The van der Waals surface area contributed by atoms with Crippen molar-refractivity contribution in [3.63, 3.8) is 0 Å². The molecule has 1 saturated heterocycles. The highest BCUT2D eigenvalue weighted by molar-refractivity contribution is 9.10. The molecule has 2 atom stereocenters. The van der Waals surface area contributed by atoms with Crippen LogP contribution in [0.3, 0.4) is 0 Å². The number of carbonyl (C=O) groups is 1. The zero-order valence-electron chi connectivity index (χ0n) is 19.9. The standard InChI is InChI=1S/C28H24BrFN4O2S/c1-17-5-8-19(9-6-17)32-25(35)13-15-34-27(26(33-28(34)37)22-4-2-3-14-31-22)24-12-11-23(36-24)20-10-7-18(29)16-21(20)30/h2-12,14,16,26-27H,13,15H2,1H3,(H,32,35)(H,33,37)/t26-,27+/m1/s1. The third-order valence-corrected chi connectivity index (χ3v) is 7.07. The summed E-state index contributed by atoms with van der Waals surface area (Å²) in [5, 5.41) is 6.77. The molecule has 1 fully saturated rings. The van der Waals surface area contributed by atoms with Crippen molar-refractivity contribution in [2.75, 3.05) is 11.9 Å². The molecule has 1 amide bonds. The zero-order chi connectivity index (χ0) is 25.9. The lowest BCUT2D eigenvalue weighted by atomic mass is 10.0. The molecule has 0 radical (unpaired) electrons. The van der Waals surface area contributed by atoms with E-state index in [1.165, 1.54) is 6.07 Å². The van der Waals surface area contributed by atoms with Gasteiger partial charge < -0.3 is 20.0 Å². The summed E-state index contributed by atoms with van der Waals surface area (Å²) in [6, 6.07) is 21.1. The number of hydrogen-bond acceptors (Lipinski definition) is 4. The van der Waals surface area contributed by atoms with Gasteiger partial charge in [-0.3, -0.25) is 9.78 Å². The summed E-state index contributed by atoms with van der Waals surface area (Å²) in [7, 11) is 0. The second-order valence-electron chi connectivity index (χ2n) is 8.81. The highest BCUT2D eigenvalue weighted by Gasteiger charge is 2.41. The molecule has 2 aromatic carbocycles. The number of rotatable bonds is 7. The maximum absolute atomic E-state index is 14.6. The fourth-order valence-corrected chi connectivity index (χ4v) is 5.05. The van der Waals surface area contributed by atoms with E-state index >= 15 is 0 Å². The number of aryl methyl sites for hydroxylation is 1. The first kappa shape index (κ1) is 25.1. The molecule has 1 aliphatic rings. The van der Waals surface area contributed by atoms with Gasteiger partial charge in [-0.05, 0) is 73.7 Å². The lowest BCUT2D eigenvalue weighted by molar-refractivity contribution is -0.116. The topological polar surface area (TPSA) is 70.4 Å². The number of benzene rings is 2. The normalized spacial score (nSPS) is 17.1. The number of amides is 1. The van der Waals surface area contributed by atoms with Crippen molar-refractivity contribution in [2.24, 2.45) is 0 Å². The fourth-order valence-electron chi connectivity index (χ4n) is 4.38. The van der Waals surface area contributed by atoms with Crippen LogP contribution < -0.4 is 10.6 Å². The number of carbonyl (C=O) groups excluding carboxylic acids is 1. The molecular formula is C28H24BrFN4O2S. The third kappa shape index (κ3) is 5.57. The van der Waals surface area contributed by atoms with Gasteiger partial charge in [0.15, 0.2) is 5.11 Å². The number of nitrogens with zero attached hydrogens (tertiary/aromatic N) is 2. The average molecular weight is 579 g/mol. The monoisotopic (exact) mass is 578 g/mol. The van der Waals surface area contributed by atoms with Crippen molar-refractivity contribution in [2.45, 2.75) is 25.4 Å². The number of halogens is 2. The van der Waals surface area contributed by atoms with Gasteiger partial charge in [0.25, 0.3) is 0 Å². The van der Waals surface area contributed by atoms with E-state index in [1.807, 2.05) is 60.4 Å². The van der Waals surface area contributed by atoms with Gasteiger partial charge in [-0.2, -0.15) is 0 Å². The van der Waals surface area contributed by atoms with Crippen LogP contribution in [0.25, 0.3) is 11.3 Å². The molecule has 9 heteroatoms. The Kier molecular flexibility index (Phi) is 7.34. The largest absolute Gasteiger partial charge is 0.459 e. The Morgan fingerprint density at radius 1 is 1.16 bits per heavy atom. The van der Waals surface area contributed by atoms with Crippen LogP contribution in [-0.2, 0) is 4.79 Å². The van der Waals surface area contributed by atoms with Crippen LogP contribution in [0.2, 0.25) is 0 Å². The summed E-state index contributed by atoms with van der Waals surface area (Å²) in [6.07, 6.45) is 1.94. The minimum Gasteiger partial charge on any atom is -0.459 e. The number of hydrogen-bond donors (Lipinski definition) is 2. The summed E-state index contributed by atoms with van der Waals surface area (Å²) in [5.41, 5.74) is 3.01. The van der Waals surface area contributed by atoms with Gasteiger partial charge in [0.2, 0.25) is 5.91 Å². The van der Waals surface area contributed by atoms with E-state index in [2.05, 4.69) is 31.5 Å². The van der Waals surface area contributed by atoms with Crippen LogP contribution in [0.4, 0.5) is 10.1 Å². The highest BCUT2D eigenvalue weighted by Crippen LogP contribution is 2.41. The van der Waals surface area contributed by atoms with Gasteiger partial charge in [-0.25, -0.2) is 4.39 Å². The van der Waals surface area contributed by atoms with E-state index in [-0.39, 0.29) is 30.2 Å². The fraction of sp³-hybridized carbons (Fsp3) is 0.179. The quantitative estimate of drug-likeness (QED) is 0.242. The van der Waals surface area contributed by atoms with Gasteiger partial charge in [0.1, 0.15) is 23.4 Å². The lowest BCUT2D eigenvalue weighted by Gasteiger charge is -2.25. The van der Waals surface area contributed by atoms with Crippen molar-refractivity contribution in [1.82, 2.24) is 15.2 Å². The first-order valence-corrected chi connectivity index (χ1v) is 13.0. The Labute approximate surface area is 228 Å². The minimum atomic E-state index is -0.388. The Morgan fingerprint density at radius 2 is 1.97 bits per heavy atom. The van der Waals surface area contributed by atoms with Crippen LogP contribution in [0, 0.1) is 12.7 Å². The van der Waals surface area contributed by atoms with Crippen LogP contribution in [0.1, 0.15) is 35.5 Å². The summed E-state index contributed by atoms with van der Waals surface area (Å²) in [5.74, 6) is 0.499. The molecular weight excluding hydrogens is 555 g/mol. The van der Waals surface area contributed by atoms with Crippen molar-refractivity contribution < 1.29 is 13.6 Å². The van der Waals surface area contributed by atoms with Gasteiger partial charge >= 0.3 is 0 Å². The number of anilines is 1. The maximum Gasteiger partial charge on any atom is 0.226 e. The molecule has 37 heavy (non-hydrogen) atoms. The van der Waals surface area contributed by atoms with Crippen molar-refractivity contribution in [3.05, 3.63) is 106 Å². The molecule has 2 N–H and O–H groups in total. The average Bonchev–Trinajstić information content (AvgIpc) is 3.49. The third-order valence-electron chi connectivity index (χ3n) is 6.23. The summed E-state index contributed by atoms with van der Waals surface area (Å²) < 4.78 is 21.5. The number of thiocarbonyl (C=S) groups is 1. The molecule has 1 aliphatic heterocycles. The number of aromatic nitrogens is 1. The van der Waals surface area contributed by atoms with Crippen LogP contribution >= 0.6 is 28.1 Å². The van der Waals surface area contributed by atoms with E-state index in [4.69, 9.17) is 16.6 Å². The van der Waals surface area contributed by atoms with Crippen LogP contribution in [0.15, 0.2) is 87.9 Å². The molecule has 0 bridgehead atoms. The lowest BCUT2D eigenvalue weighted by Crippen LogP contribution is -2.32. The zero-order valence-corrected chi connectivity index (χ0v) is 22.4. The van der Waals surface area contributed by atoms with Gasteiger partial charge in [-0.15, -0.1) is 0 Å². The minimum absolute atomic E-state index is 0.122. The van der Waals surface area contributed by atoms with Gasteiger partial charge in [0, 0.05) is 29.3 Å². The molecule has 5 rings (SSSR count). The van der Waals surface area contributed by atoms with E-state index in [1.54, 1.807) is 24.4 Å². The second kappa shape index (κ2) is 10.8. The maximum atomic E-state index is 14.6. The SMILES string of the molecule is Cc1ccc(NC(=O)CCN2C(=S)N[C@H](c3ccccn3)[C@@H]2c2ccc(-c3ccc(Br)cc3F)o2)cc1. The first-order chi connectivity index (χ1) is 17.9. The van der Waals surface area contributed by atoms with Crippen LogP contribution in [-0.4, -0.2) is 27.4 Å². The molecule has 0 aliphatic carbocycles. The Balaban J connectivity index is 1.40. The smallest absolute Gasteiger partial charge is 0.226 e.